The maximum atomic E-state index is 5.91. The molecule has 13 heavy (non-hydrogen) atoms. The molecule has 0 saturated carbocycles. The van der Waals surface area contributed by atoms with Gasteiger partial charge in [0.2, 0.25) is 0 Å². The van der Waals surface area contributed by atoms with Crippen molar-refractivity contribution in [2.75, 3.05) is 6.54 Å². The van der Waals surface area contributed by atoms with Crippen molar-refractivity contribution in [3.05, 3.63) is 33.3 Å². The number of halogens is 2. The highest BCUT2D eigenvalue weighted by Gasteiger charge is 2.07. The normalized spacial score (nSPS) is 12.9. The van der Waals surface area contributed by atoms with Crippen LogP contribution in [0.2, 0.25) is 5.02 Å². The molecule has 1 aromatic carbocycles. The zero-order chi connectivity index (χ0) is 9.84. The fourth-order valence-corrected chi connectivity index (χ4v) is 2.03. The first-order valence-electron chi connectivity index (χ1n) is 4.33. The van der Waals surface area contributed by atoms with E-state index in [1.165, 1.54) is 5.56 Å². The van der Waals surface area contributed by atoms with Crippen LogP contribution in [0.25, 0.3) is 0 Å². The third-order valence-corrected chi connectivity index (χ3v) is 2.89. The highest BCUT2D eigenvalue weighted by atomic mass is 79.9. The van der Waals surface area contributed by atoms with Crippen molar-refractivity contribution < 1.29 is 0 Å². The summed E-state index contributed by atoms with van der Waals surface area (Å²) in [6.45, 7) is 5.18. The second-order valence-electron chi connectivity index (χ2n) is 2.95. The van der Waals surface area contributed by atoms with E-state index in [4.69, 9.17) is 11.6 Å². The second kappa shape index (κ2) is 4.99. The van der Waals surface area contributed by atoms with Gasteiger partial charge in [-0.05, 0) is 37.2 Å². The van der Waals surface area contributed by atoms with E-state index in [-0.39, 0.29) is 0 Å². The molecule has 1 nitrogen and oxygen atoms in total. The molecule has 1 unspecified atom stereocenters. The standard InChI is InChI=1S/C10H13BrClN/c1-3-13-7(2)9-6-8(12)4-5-10(9)11/h4-7,13H,3H2,1-2H3. The molecule has 1 N–H and O–H groups in total. The summed E-state index contributed by atoms with van der Waals surface area (Å²) in [6.07, 6.45) is 0. The fraction of sp³-hybridized carbons (Fsp3) is 0.400. The molecule has 0 aliphatic heterocycles. The SMILES string of the molecule is CCNC(C)c1cc(Cl)ccc1Br. The Balaban J connectivity index is 2.91. The molecule has 3 heteroatoms. The molecule has 1 aromatic rings. The van der Waals surface area contributed by atoms with E-state index in [0.29, 0.717) is 6.04 Å². The third-order valence-electron chi connectivity index (χ3n) is 1.93. The van der Waals surface area contributed by atoms with Crippen molar-refractivity contribution in [3.8, 4) is 0 Å². The van der Waals surface area contributed by atoms with Crippen LogP contribution in [0.3, 0.4) is 0 Å². The first kappa shape index (κ1) is 11.0. The lowest BCUT2D eigenvalue weighted by Crippen LogP contribution is -2.17. The Hall–Kier alpha value is -0.0500. The summed E-state index contributed by atoms with van der Waals surface area (Å²) >= 11 is 9.41. The zero-order valence-electron chi connectivity index (χ0n) is 7.77. The van der Waals surface area contributed by atoms with E-state index in [1.54, 1.807) is 0 Å². The van der Waals surface area contributed by atoms with E-state index >= 15 is 0 Å². The van der Waals surface area contributed by atoms with Crippen molar-refractivity contribution >= 4 is 27.5 Å². The minimum Gasteiger partial charge on any atom is -0.310 e. The number of nitrogens with one attached hydrogen (secondary N) is 1. The summed E-state index contributed by atoms with van der Waals surface area (Å²) in [7, 11) is 0. The van der Waals surface area contributed by atoms with Gasteiger partial charge in [0.1, 0.15) is 0 Å². The van der Waals surface area contributed by atoms with Gasteiger partial charge in [-0.15, -0.1) is 0 Å². The van der Waals surface area contributed by atoms with Crippen molar-refractivity contribution in [1.82, 2.24) is 5.32 Å². The number of rotatable bonds is 3. The molecule has 0 aliphatic rings. The Kier molecular flexibility index (Phi) is 4.23. The Morgan fingerprint density at radius 1 is 1.54 bits per heavy atom. The van der Waals surface area contributed by atoms with Crippen LogP contribution in [0.5, 0.6) is 0 Å². The maximum Gasteiger partial charge on any atom is 0.0410 e. The smallest absolute Gasteiger partial charge is 0.0410 e. The summed E-state index contributed by atoms with van der Waals surface area (Å²) in [5.41, 5.74) is 1.20. The van der Waals surface area contributed by atoms with Crippen LogP contribution in [-0.2, 0) is 0 Å². The minimum absolute atomic E-state index is 0.332. The Bertz CT molecular complexity index is 288. The minimum atomic E-state index is 0.332. The monoisotopic (exact) mass is 261 g/mol. The number of benzene rings is 1. The summed E-state index contributed by atoms with van der Waals surface area (Å²) in [5.74, 6) is 0. The molecule has 0 fully saturated rings. The van der Waals surface area contributed by atoms with Gasteiger partial charge >= 0.3 is 0 Å². The van der Waals surface area contributed by atoms with Crippen molar-refractivity contribution in [2.24, 2.45) is 0 Å². The van der Waals surface area contributed by atoms with Gasteiger partial charge in [-0.3, -0.25) is 0 Å². The maximum absolute atomic E-state index is 5.91. The van der Waals surface area contributed by atoms with Gasteiger partial charge in [0.15, 0.2) is 0 Å². The van der Waals surface area contributed by atoms with Crippen LogP contribution in [0.15, 0.2) is 22.7 Å². The molecule has 0 amide bonds. The van der Waals surface area contributed by atoms with Gasteiger partial charge in [0.25, 0.3) is 0 Å². The molecular formula is C10H13BrClN. The second-order valence-corrected chi connectivity index (χ2v) is 4.24. The molecule has 1 atom stereocenters. The largest absolute Gasteiger partial charge is 0.310 e. The topological polar surface area (TPSA) is 12.0 Å². The molecule has 72 valence electrons. The van der Waals surface area contributed by atoms with Crippen LogP contribution in [0.4, 0.5) is 0 Å². The molecule has 0 aliphatic carbocycles. The quantitative estimate of drug-likeness (QED) is 0.874. The molecule has 0 bridgehead atoms. The lowest BCUT2D eigenvalue weighted by atomic mass is 10.1. The van der Waals surface area contributed by atoms with Gasteiger partial charge < -0.3 is 5.32 Å². The fourth-order valence-electron chi connectivity index (χ4n) is 1.26. The molecular weight excluding hydrogens is 249 g/mol. The van der Waals surface area contributed by atoms with Gasteiger partial charge in [-0.2, -0.15) is 0 Å². The van der Waals surface area contributed by atoms with Crippen LogP contribution in [-0.4, -0.2) is 6.54 Å². The molecule has 0 radical (unpaired) electrons. The van der Waals surface area contributed by atoms with Gasteiger partial charge in [-0.1, -0.05) is 34.5 Å². The lowest BCUT2D eigenvalue weighted by molar-refractivity contribution is 0.596. The first-order valence-corrected chi connectivity index (χ1v) is 5.50. The van der Waals surface area contributed by atoms with E-state index in [9.17, 15) is 0 Å². The van der Waals surface area contributed by atoms with E-state index < -0.39 is 0 Å². The van der Waals surface area contributed by atoms with Crippen molar-refractivity contribution in [1.29, 1.82) is 0 Å². The summed E-state index contributed by atoms with van der Waals surface area (Å²) in [5, 5.41) is 4.12. The van der Waals surface area contributed by atoms with Gasteiger partial charge in [0.05, 0.1) is 0 Å². The third kappa shape index (κ3) is 2.97. The predicted octanol–water partition coefficient (Wildman–Crippen LogP) is 3.77. The van der Waals surface area contributed by atoms with Gasteiger partial charge in [0, 0.05) is 15.5 Å². The van der Waals surface area contributed by atoms with Crippen molar-refractivity contribution in [2.45, 2.75) is 19.9 Å². The molecule has 0 heterocycles. The average Bonchev–Trinajstić information content (AvgIpc) is 2.09. The Morgan fingerprint density at radius 2 is 2.23 bits per heavy atom. The van der Waals surface area contributed by atoms with Crippen molar-refractivity contribution in [3.63, 3.8) is 0 Å². The van der Waals surface area contributed by atoms with Crippen LogP contribution in [0.1, 0.15) is 25.5 Å². The predicted molar refractivity (Wildman–Crippen MR) is 61.2 cm³/mol. The average molecular weight is 263 g/mol. The van der Waals surface area contributed by atoms with E-state index in [0.717, 1.165) is 16.0 Å². The molecule has 0 aromatic heterocycles. The molecule has 1 rings (SSSR count). The Morgan fingerprint density at radius 3 is 2.85 bits per heavy atom. The summed E-state index contributed by atoms with van der Waals surface area (Å²) in [4.78, 5) is 0. The first-order chi connectivity index (χ1) is 6.15. The summed E-state index contributed by atoms with van der Waals surface area (Å²) < 4.78 is 1.10. The highest BCUT2D eigenvalue weighted by molar-refractivity contribution is 9.10. The van der Waals surface area contributed by atoms with Crippen LogP contribution in [0, 0.1) is 0 Å². The number of hydrogen-bond donors (Lipinski definition) is 1. The Labute approximate surface area is 92.6 Å². The lowest BCUT2D eigenvalue weighted by Gasteiger charge is -2.14. The van der Waals surface area contributed by atoms with Gasteiger partial charge in [-0.25, -0.2) is 0 Å². The van der Waals surface area contributed by atoms with Crippen LogP contribution >= 0.6 is 27.5 Å². The molecule has 0 spiro atoms. The van der Waals surface area contributed by atoms with E-state index in [2.05, 4.69) is 35.1 Å². The molecule has 0 saturated heterocycles. The highest BCUT2D eigenvalue weighted by Crippen LogP contribution is 2.26. The van der Waals surface area contributed by atoms with Crippen LogP contribution < -0.4 is 5.32 Å². The summed E-state index contributed by atoms with van der Waals surface area (Å²) in [6, 6.07) is 6.18. The number of hydrogen-bond acceptors (Lipinski definition) is 1. The van der Waals surface area contributed by atoms with E-state index in [1.807, 2.05) is 18.2 Å². The zero-order valence-corrected chi connectivity index (χ0v) is 10.1.